The fraction of sp³-hybridized carbons (Fsp3) is 0.421. The number of aliphatic hydroxyl groups is 1. The number of aliphatic hydroxyl groups excluding tert-OH is 1. The van der Waals surface area contributed by atoms with Crippen molar-refractivity contribution in [1.29, 1.82) is 0 Å². The van der Waals surface area contributed by atoms with Gasteiger partial charge in [0.05, 0.1) is 30.4 Å². The number of carbonyl (C=O) groups excluding carboxylic acids is 1. The molecule has 0 radical (unpaired) electrons. The van der Waals surface area contributed by atoms with Gasteiger partial charge in [-0.1, -0.05) is 17.7 Å². The first-order chi connectivity index (χ1) is 12.9. The van der Waals surface area contributed by atoms with Gasteiger partial charge in [0.25, 0.3) is 0 Å². The highest BCUT2D eigenvalue weighted by atomic mass is 32.2. The number of carbonyl (C=O) groups is 1. The van der Waals surface area contributed by atoms with E-state index < -0.39 is 16.1 Å². The summed E-state index contributed by atoms with van der Waals surface area (Å²) in [6.07, 6.45) is 2.09. The van der Waals surface area contributed by atoms with Crippen LogP contribution < -0.4 is 0 Å². The Balaban J connectivity index is 1.82. The first-order valence-electron chi connectivity index (χ1n) is 8.91. The average molecular weight is 392 g/mol. The van der Waals surface area contributed by atoms with Crippen molar-refractivity contribution < 1.29 is 22.7 Å². The molecule has 0 saturated carbocycles. The fourth-order valence-corrected chi connectivity index (χ4v) is 4.38. The molecule has 0 atom stereocenters. The Morgan fingerprint density at radius 1 is 1.22 bits per heavy atom. The third kappa shape index (κ3) is 4.77. The van der Waals surface area contributed by atoms with Gasteiger partial charge < -0.3 is 14.4 Å². The molecule has 2 aromatic rings. The zero-order valence-electron chi connectivity index (χ0n) is 15.2. The van der Waals surface area contributed by atoms with Crippen molar-refractivity contribution in [2.24, 2.45) is 0 Å². The lowest BCUT2D eigenvalue weighted by Crippen LogP contribution is -2.46. The Bertz CT molecular complexity index is 854. The van der Waals surface area contributed by atoms with E-state index in [0.29, 0.717) is 31.7 Å². The number of benzene rings is 1. The van der Waals surface area contributed by atoms with Crippen LogP contribution in [0.25, 0.3) is 0 Å². The summed E-state index contributed by atoms with van der Waals surface area (Å²) in [6.45, 7) is 2.45. The average Bonchev–Trinajstić information content (AvgIpc) is 3.15. The molecule has 1 saturated heterocycles. The molecular formula is C19H24N2O5S. The lowest BCUT2D eigenvalue weighted by molar-refractivity contribution is -0.133. The van der Waals surface area contributed by atoms with E-state index in [2.05, 4.69) is 0 Å². The molecule has 0 aliphatic carbocycles. The molecule has 146 valence electrons. The Labute approximate surface area is 159 Å². The monoisotopic (exact) mass is 392 g/mol. The van der Waals surface area contributed by atoms with Gasteiger partial charge in [-0.3, -0.25) is 4.79 Å². The van der Waals surface area contributed by atoms with Crippen LogP contribution in [-0.4, -0.2) is 54.4 Å². The predicted octanol–water partition coefficient (Wildman–Crippen LogP) is 1.76. The normalized spacial score (nSPS) is 16.0. The molecule has 2 heterocycles. The van der Waals surface area contributed by atoms with Crippen LogP contribution >= 0.6 is 0 Å². The number of aryl methyl sites for hydroxylation is 1. The van der Waals surface area contributed by atoms with E-state index >= 15 is 0 Å². The van der Waals surface area contributed by atoms with Crippen LogP contribution in [0.3, 0.4) is 0 Å². The molecule has 27 heavy (non-hydrogen) atoms. The van der Waals surface area contributed by atoms with Crippen LogP contribution in [0.4, 0.5) is 0 Å². The van der Waals surface area contributed by atoms with Crippen LogP contribution in [0, 0.1) is 6.92 Å². The second-order valence-electron chi connectivity index (χ2n) is 6.78. The van der Waals surface area contributed by atoms with Crippen LogP contribution in [0.5, 0.6) is 0 Å². The Kier molecular flexibility index (Phi) is 5.98. The maximum atomic E-state index is 13.1. The summed E-state index contributed by atoms with van der Waals surface area (Å²) < 4.78 is 32.7. The molecule has 1 aromatic heterocycles. The maximum Gasteiger partial charge on any atom is 0.243 e. The van der Waals surface area contributed by atoms with Crippen molar-refractivity contribution in [3.63, 3.8) is 0 Å². The molecule has 0 bridgehead atoms. The summed E-state index contributed by atoms with van der Waals surface area (Å²) in [6, 6.07) is 9.90. The van der Waals surface area contributed by atoms with Crippen molar-refractivity contribution in [3.05, 3.63) is 54.0 Å². The van der Waals surface area contributed by atoms with Crippen molar-refractivity contribution >= 4 is 15.9 Å². The van der Waals surface area contributed by atoms with E-state index in [4.69, 9.17) is 4.42 Å². The summed E-state index contributed by atoms with van der Waals surface area (Å²) in [7, 11) is -3.86. The number of hydrogen-bond donors (Lipinski definition) is 1. The first-order valence-corrected chi connectivity index (χ1v) is 10.4. The molecule has 1 amide bonds. The van der Waals surface area contributed by atoms with Gasteiger partial charge in [-0.2, -0.15) is 4.31 Å². The van der Waals surface area contributed by atoms with Gasteiger partial charge in [-0.05, 0) is 44.0 Å². The van der Waals surface area contributed by atoms with E-state index in [9.17, 15) is 18.3 Å². The minimum Gasteiger partial charge on any atom is -0.468 e. The van der Waals surface area contributed by atoms with Gasteiger partial charge in [0.15, 0.2) is 0 Å². The van der Waals surface area contributed by atoms with Crippen molar-refractivity contribution in [1.82, 2.24) is 9.21 Å². The Hall–Kier alpha value is -2.16. The molecule has 1 aromatic carbocycles. The molecular weight excluding hydrogens is 368 g/mol. The highest BCUT2D eigenvalue weighted by Gasteiger charge is 2.30. The third-order valence-corrected chi connectivity index (χ3v) is 6.51. The van der Waals surface area contributed by atoms with Crippen molar-refractivity contribution in [3.8, 4) is 0 Å². The van der Waals surface area contributed by atoms with Crippen LogP contribution in [0.1, 0.15) is 24.2 Å². The number of hydrogen-bond acceptors (Lipinski definition) is 5. The summed E-state index contributed by atoms with van der Waals surface area (Å²) in [4.78, 5) is 14.4. The van der Waals surface area contributed by atoms with Gasteiger partial charge in [0.1, 0.15) is 5.76 Å². The zero-order valence-corrected chi connectivity index (χ0v) is 16.1. The zero-order chi connectivity index (χ0) is 19.4. The number of sulfonamides is 1. The highest BCUT2D eigenvalue weighted by Crippen LogP contribution is 2.20. The highest BCUT2D eigenvalue weighted by molar-refractivity contribution is 7.89. The summed E-state index contributed by atoms with van der Waals surface area (Å²) in [5.74, 6) is 0.191. The van der Waals surface area contributed by atoms with Gasteiger partial charge in [0.2, 0.25) is 15.9 Å². The molecule has 1 aliphatic rings. The van der Waals surface area contributed by atoms with Crippen LogP contribution in [0.15, 0.2) is 52.0 Å². The Morgan fingerprint density at radius 3 is 2.48 bits per heavy atom. The van der Waals surface area contributed by atoms with E-state index in [1.165, 1.54) is 6.26 Å². The SMILES string of the molecule is Cc1ccc(S(=O)(=O)N(CC(=O)N2CCC(O)CC2)Cc2ccco2)cc1. The van der Waals surface area contributed by atoms with Crippen LogP contribution in [0.2, 0.25) is 0 Å². The molecule has 1 aliphatic heterocycles. The quantitative estimate of drug-likeness (QED) is 0.809. The minimum absolute atomic E-state index is 0.0224. The lowest BCUT2D eigenvalue weighted by atomic mass is 10.1. The number of furan rings is 1. The number of likely N-dealkylation sites (tertiary alicyclic amines) is 1. The summed E-state index contributed by atoms with van der Waals surface area (Å²) >= 11 is 0. The smallest absolute Gasteiger partial charge is 0.243 e. The lowest BCUT2D eigenvalue weighted by Gasteiger charge is -2.31. The first kappa shape index (κ1) is 19.6. The van der Waals surface area contributed by atoms with Crippen molar-refractivity contribution in [2.75, 3.05) is 19.6 Å². The van der Waals surface area contributed by atoms with E-state index in [-0.39, 0.29) is 23.9 Å². The number of rotatable bonds is 6. The Morgan fingerprint density at radius 2 is 1.89 bits per heavy atom. The van der Waals surface area contributed by atoms with E-state index in [0.717, 1.165) is 9.87 Å². The van der Waals surface area contributed by atoms with Crippen molar-refractivity contribution in [2.45, 2.75) is 37.3 Å². The molecule has 0 spiro atoms. The molecule has 1 N–H and O–H groups in total. The topological polar surface area (TPSA) is 91.1 Å². The third-order valence-electron chi connectivity index (χ3n) is 4.70. The maximum absolute atomic E-state index is 13.1. The number of nitrogens with zero attached hydrogens (tertiary/aromatic N) is 2. The van der Waals surface area contributed by atoms with E-state index in [1.807, 2.05) is 6.92 Å². The van der Waals surface area contributed by atoms with E-state index in [1.54, 1.807) is 41.3 Å². The molecule has 8 heteroatoms. The van der Waals surface area contributed by atoms with Gasteiger partial charge in [0, 0.05) is 13.1 Å². The number of piperidine rings is 1. The second-order valence-corrected chi connectivity index (χ2v) is 8.72. The second kappa shape index (κ2) is 8.24. The molecule has 0 unspecified atom stereocenters. The van der Waals surface area contributed by atoms with Gasteiger partial charge >= 0.3 is 0 Å². The number of amides is 1. The minimum atomic E-state index is -3.86. The van der Waals surface area contributed by atoms with Crippen LogP contribution in [-0.2, 0) is 21.4 Å². The fourth-order valence-electron chi connectivity index (χ4n) is 3.03. The molecule has 7 nitrogen and oxygen atoms in total. The largest absolute Gasteiger partial charge is 0.468 e. The molecule has 3 rings (SSSR count). The predicted molar refractivity (Wildman–Crippen MR) is 99.3 cm³/mol. The van der Waals surface area contributed by atoms with Gasteiger partial charge in [-0.25, -0.2) is 8.42 Å². The standard InChI is InChI=1S/C19H24N2O5S/c1-15-4-6-18(7-5-15)27(24,25)21(13-17-3-2-12-26-17)14-19(23)20-10-8-16(22)9-11-20/h2-7,12,16,22H,8-11,13-14H2,1H3. The summed E-state index contributed by atoms with van der Waals surface area (Å²) in [5, 5.41) is 9.61. The summed E-state index contributed by atoms with van der Waals surface area (Å²) in [5.41, 5.74) is 0.953. The molecule has 1 fully saturated rings. The van der Waals surface area contributed by atoms with Gasteiger partial charge in [-0.15, -0.1) is 0 Å².